The highest BCUT2D eigenvalue weighted by molar-refractivity contribution is 7.92. The first kappa shape index (κ1) is 18.7. The van der Waals surface area contributed by atoms with Gasteiger partial charge in [0.25, 0.3) is 10.0 Å². The molecule has 0 bridgehead atoms. The van der Waals surface area contributed by atoms with E-state index in [-0.39, 0.29) is 21.5 Å². The van der Waals surface area contributed by atoms with Gasteiger partial charge in [-0.05, 0) is 56.3 Å². The number of benzene rings is 2. The minimum atomic E-state index is -3.80. The quantitative estimate of drug-likeness (QED) is 0.795. The number of halogens is 1. The first-order valence-electron chi connectivity index (χ1n) is 7.01. The van der Waals surface area contributed by atoms with Crippen LogP contribution in [0.4, 0.5) is 5.69 Å². The molecule has 24 heavy (non-hydrogen) atoms. The molecule has 0 saturated heterocycles. The van der Waals surface area contributed by atoms with Crippen molar-refractivity contribution >= 4 is 37.3 Å². The van der Waals surface area contributed by atoms with Crippen LogP contribution in [0.25, 0.3) is 0 Å². The average molecular weight is 389 g/mol. The van der Waals surface area contributed by atoms with Crippen LogP contribution in [0.5, 0.6) is 0 Å². The van der Waals surface area contributed by atoms with Gasteiger partial charge >= 0.3 is 0 Å². The minimum Gasteiger partial charge on any atom is -0.280 e. The van der Waals surface area contributed by atoms with Crippen molar-refractivity contribution in [2.24, 2.45) is 0 Å². The fourth-order valence-electron chi connectivity index (χ4n) is 1.93. The molecule has 0 heterocycles. The van der Waals surface area contributed by atoms with E-state index in [2.05, 4.69) is 9.44 Å². The maximum Gasteiger partial charge on any atom is 0.261 e. The molecule has 2 aromatic carbocycles. The molecule has 0 aliphatic rings. The summed E-state index contributed by atoms with van der Waals surface area (Å²) < 4.78 is 53.5. The summed E-state index contributed by atoms with van der Waals surface area (Å²) in [6, 6.07) is 11.0. The van der Waals surface area contributed by atoms with Crippen molar-refractivity contribution in [3.8, 4) is 0 Å². The molecule has 2 rings (SSSR count). The van der Waals surface area contributed by atoms with Crippen LogP contribution in [0.15, 0.2) is 58.3 Å². The lowest BCUT2D eigenvalue weighted by Gasteiger charge is -2.11. The lowest BCUT2D eigenvalue weighted by Crippen LogP contribution is -2.30. The fourth-order valence-corrected chi connectivity index (χ4v) is 4.54. The summed E-state index contributed by atoms with van der Waals surface area (Å²) in [7, 11) is -7.43. The van der Waals surface area contributed by atoms with Crippen molar-refractivity contribution in [1.82, 2.24) is 4.72 Å². The van der Waals surface area contributed by atoms with Gasteiger partial charge in [-0.3, -0.25) is 4.72 Å². The van der Waals surface area contributed by atoms with Crippen LogP contribution < -0.4 is 9.44 Å². The zero-order chi connectivity index (χ0) is 18.0. The normalized spacial score (nSPS) is 12.3. The molecule has 2 aromatic rings. The summed E-state index contributed by atoms with van der Waals surface area (Å²) in [4.78, 5) is 0.0788. The Kier molecular flexibility index (Phi) is 5.54. The molecule has 0 unspecified atom stereocenters. The van der Waals surface area contributed by atoms with Crippen LogP contribution in [-0.4, -0.2) is 22.9 Å². The van der Waals surface area contributed by atoms with Gasteiger partial charge in [-0.2, -0.15) is 0 Å². The van der Waals surface area contributed by atoms with Crippen LogP contribution in [0.1, 0.15) is 13.8 Å². The Labute approximate surface area is 147 Å². The summed E-state index contributed by atoms with van der Waals surface area (Å²) in [5, 5.41) is 0.305. The number of hydrogen-bond acceptors (Lipinski definition) is 4. The SMILES string of the molecule is CC(C)NS(=O)(=O)c1ccc(NS(=O)(=O)c2cccc(Cl)c2)cc1. The molecular weight excluding hydrogens is 372 g/mol. The van der Waals surface area contributed by atoms with Crippen molar-refractivity contribution < 1.29 is 16.8 Å². The molecule has 0 spiro atoms. The first-order valence-corrected chi connectivity index (χ1v) is 10.4. The highest BCUT2D eigenvalue weighted by atomic mass is 35.5. The van der Waals surface area contributed by atoms with E-state index in [0.717, 1.165) is 0 Å². The number of rotatable bonds is 6. The lowest BCUT2D eigenvalue weighted by molar-refractivity contribution is 0.570. The van der Waals surface area contributed by atoms with Gasteiger partial charge in [-0.15, -0.1) is 0 Å². The predicted molar refractivity (Wildman–Crippen MR) is 94.2 cm³/mol. The van der Waals surface area contributed by atoms with Gasteiger partial charge in [0, 0.05) is 16.8 Å². The van der Waals surface area contributed by atoms with Crippen LogP contribution in [0.3, 0.4) is 0 Å². The van der Waals surface area contributed by atoms with Crippen LogP contribution in [0, 0.1) is 0 Å². The maximum absolute atomic E-state index is 12.3. The lowest BCUT2D eigenvalue weighted by atomic mass is 10.3. The molecule has 130 valence electrons. The Morgan fingerprint density at radius 1 is 0.875 bits per heavy atom. The van der Waals surface area contributed by atoms with Crippen molar-refractivity contribution in [2.75, 3.05) is 4.72 Å². The molecule has 0 radical (unpaired) electrons. The van der Waals surface area contributed by atoms with E-state index >= 15 is 0 Å². The molecule has 0 fully saturated rings. The Bertz CT molecular complexity index is 924. The number of sulfonamides is 2. The van der Waals surface area contributed by atoms with Gasteiger partial charge in [0.1, 0.15) is 0 Å². The summed E-state index contributed by atoms with van der Waals surface area (Å²) in [6.07, 6.45) is 0. The molecule has 0 aromatic heterocycles. The third kappa shape index (κ3) is 4.70. The van der Waals surface area contributed by atoms with Gasteiger partial charge in [-0.1, -0.05) is 17.7 Å². The second kappa shape index (κ2) is 7.10. The van der Waals surface area contributed by atoms with Gasteiger partial charge in [0.2, 0.25) is 10.0 Å². The van der Waals surface area contributed by atoms with E-state index in [9.17, 15) is 16.8 Å². The molecule has 0 aliphatic heterocycles. The highest BCUT2D eigenvalue weighted by Crippen LogP contribution is 2.20. The highest BCUT2D eigenvalue weighted by Gasteiger charge is 2.17. The van der Waals surface area contributed by atoms with Gasteiger partial charge in [0.15, 0.2) is 0 Å². The molecule has 0 amide bonds. The van der Waals surface area contributed by atoms with E-state index in [0.29, 0.717) is 5.02 Å². The third-order valence-corrected chi connectivity index (χ3v) is 6.20. The summed E-state index contributed by atoms with van der Waals surface area (Å²) >= 11 is 5.80. The Morgan fingerprint density at radius 3 is 2.04 bits per heavy atom. The monoisotopic (exact) mass is 388 g/mol. The predicted octanol–water partition coefficient (Wildman–Crippen LogP) is 2.83. The average Bonchev–Trinajstić information content (AvgIpc) is 2.46. The molecule has 2 N–H and O–H groups in total. The van der Waals surface area contributed by atoms with Gasteiger partial charge in [-0.25, -0.2) is 21.6 Å². The molecule has 0 atom stereocenters. The third-order valence-electron chi connectivity index (χ3n) is 2.91. The van der Waals surface area contributed by atoms with Crippen LogP contribution >= 0.6 is 11.6 Å². The molecule has 0 aliphatic carbocycles. The molecule has 0 saturated carbocycles. The zero-order valence-corrected chi connectivity index (χ0v) is 15.4. The Hall–Kier alpha value is -1.61. The van der Waals surface area contributed by atoms with Crippen molar-refractivity contribution in [3.05, 3.63) is 53.6 Å². The summed E-state index contributed by atoms with van der Waals surface area (Å²) in [6.45, 7) is 3.43. The standard InChI is InChI=1S/C15H17ClN2O4S2/c1-11(2)17-23(19,20)14-8-6-13(7-9-14)18-24(21,22)15-5-3-4-12(16)10-15/h3-11,17-18H,1-2H3. The summed E-state index contributed by atoms with van der Waals surface area (Å²) in [5.41, 5.74) is 0.249. The smallest absolute Gasteiger partial charge is 0.261 e. The summed E-state index contributed by atoms with van der Waals surface area (Å²) in [5.74, 6) is 0. The van der Waals surface area contributed by atoms with Gasteiger partial charge < -0.3 is 0 Å². The van der Waals surface area contributed by atoms with E-state index in [4.69, 9.17) is 11.6 Å². The van der Waals surface area contributed by atoms with Crippen LogP contribution in [-0.2, 0) is 20.0 Å². The van der Waals surface area contributed by atoms with Crippen LogP contribution in [0.2, 0.25) is 5.02 Å². The second-order valence-electron chi connectivity index (χ2n) is 5.36. The van der Waals surface area contributed by atoms with E-state index in [1.54, 1.807) is 19.9 Å². The largest absolute Gasteiger partial charge is 0.280 e. The second-order valence-corrected chi connectivity index (χ2v) is 9.20. The number of hydrogen-bond donors (Lipinski definition) is 2. The van der Waals surface area contributed by atoms with Crippen molar-refractivity contribution in [1.29, 1.82) is 0 Å². The Morgan fingerprint density at radius 2 is 1.50 bits per heavy atom. The molecular formula is C15H17ClN2O4S2. The first-order chi connectivity index (χ1) is 11.1. The zero-order valence-electron chi connectivity index (χ0n) is 13.0. The number of anilines is 1. The minimum absolute atomic E-state index is 0.0215. The van der Waals surface area contributed by atoms with E-state index < -0.39 is 20.0 Å². The maximum atomic E-state index is 12.3. The van der Waals surface area contributed by atoms with E-state index in [1.165, 1.54) is 42.5 Å². The van der Waals surface area contributed by atoms with Gasteiger partial charge in [0.05, 0.1) is 9.79 Å². The van der Waals surface area contributed by atoms with E-state index in [1.807, 2.05) is 0 Å². The van der Waals surface area contributed by atoms with Crippen molar-refractivity contribution in [3.63, 3.8) is 0 Å². The number of nitrogens with one attached hydrogen (secondary N) is 2. The topological polar surface area (TPSA) is 92.3 Å². The molecule has 6 nitrogen and oxygen atoms in total. The van der Waals surface area contributed by atoms with Crippen molar-refractivity contribution in [2.45, 2.75) is 29.7 Å². The Balaban J connectivity index is 2.23. The molecule has 9 heteroatoms. The fraction of sp³-hybridized carbons (Fsp3) is 0.200.